The Kier molecular flexibility index (Phi) is 5.47. The maximum absolute atomic E-state index is 12.2. The molecule has 1 aromatic carbocycles. The van der Waals surface area contributed by atoms with E-state index in [1.165, 1.54) is 23.3 Å². The lowest BCUT2D eigenvalue weighted by Gasteiger charge is -2.16. The van der Waals surface area contributed by atoms with Crippen LogP contribution in [0.25, 0.3) is 0 Å². The number of carbonyl (C=O) groups excluding carboxylic acids is 1. The maximum Gasteiger partial charge on any atom is 0.261 e. The zero-order chi connectivity index (χ0) is 16.1. The maximum atomic E-state index is 12.2. The summed E-state index contributed by atoms with van der Waals surface area (Å²) in [6, 6.07) is 12.6. The van der Waals surface area contributed by atoms with Gasteiger partial charge in [-0.1, -0.05) is 30.3 Å². The van der Waals surface area contributed by atoms with Gasteiger partial charge in [-0.3, -0.25) is 4.79 Å². The third-order valence-corrected chi connectivity index (χ3v) is 5.56. The summed E-state index contributed by atoms with van der Waals surface area (Å²) in [5.74, 6) is 0.662. The van der Waals surface area contributed by atoms with Crippen LogP contribution in [-0.2, 0) is 6.42 Å². The third-order valence-electron chi connectivity index (χ3n) is 4.55. The molecule has 0 radical (unpaired) electrons. The molecule has 1 fully saturated rings. The zero-order valence-corrected chi connectivity index (χ0v) is 14.4. The summed E-state index contributed by atoms with van der Waals surface area (Å²) in [7, 11) is 0. The van der Waals surface area contributed by atoms with Gasteiger partial charge in [-0.05, 0) is 54.8 Å². The molecule has 1 aliphatic heterocycles. The molecule has 0 aliphatic carbocycles. The largest absolute Gasteiger partial charge is 0.351 e. The lowest BCUT2D eigenvalue weighted by Crippen LogP contribution is -2.31. The predicted octanol–water partition coefficient (Wildman–Crippen LogP) is 3.35. The number of thiophene rings is 1. The van der Waals surface area contributed by atoms with Crippen LogP contribution in [0, 0.1) is 12.8 Å². The topological polar surface area (TPSA) is 32.3 Å². The molecular formula is C19H24N2OS. The van der Waals surface area contributed by atoms with Crippen molar-refractivity contribution < 1.29 is 4.79 Å². The van der Waals surface area contributed by atoms with Crippen LogP contribution in [0.1, 0.15) is 27.2 Å². The van der Waals surface area contributed by atoms with Crippen molar-refractivity contribution in [2.75, 3.05) is 26.2 Å². The second-order valence-electron chi connectivity index (χ2n) is 6.33. The SMILES string of the molecule is Cc1ccsc1C(=O)NC[C@@H]1CCN(CCc2ccccc2)C1. The average Bonchev–Trinajstić information content (AvgIpc) is 3.20. The van der Waals surface area contributed by atoms with Crippen molar-refractivity contribution in [1.82, 2.24) is 10.2 Å². The molecule has 23 heavy (non-hydrogen) atoms. The second kappa shape index (κ2) is 7.75. The summed E-state index contributed by atoms with van der Waals surface area (Å²) in [4.78, 5) is 15.5. The van der Waals surface area contributed by atoms with Gasteiger partial charge in [-0.15, -0.1) is 11.3 Å². The van der Waals surface area contributed by atoms with E-state index in [9.17, 15) is 4.79 Å². The third kappa shape index (κ3) is 4.43. The van der Waals surface area contributed by atoms with Crippen LogP contribution in [-0.4, -0.2) is 37.0 Å². The smallest absolute Gasteiger partial charge is 0.261 e. The fourth-order valence-electron chi connectivity index (χ4n) is 3.14. The first-order valence-electron chi connectivity index (χ1n) is 8.31. The van der Waals surface area contributed by atoms with E-state index >= 15 is 0 Å². The molecular weight excluding hydrogens is 304 g/mol. The minimum Gasteiger partial charge on any atom is -0.351 e. The molecule has 4 heteroatoms. The number of benzene rings is 1. The molecule has 122 valence electrons. The Morgan fingerprint density at radius 1 is 1.30 bits per heavy atom. The van der Waals surface area contributed by atoms with Gasteiger partial charge in [0.15, 0.2) is 0 Å². The Bertz CT molecular complexity index is 638. The lowest BCUT2D eigenvalue weighted by molar-refractivity contribution is 0.0951. The van der Waals surface area contributed by atoms with Gasteiger partial charge >= 0.3 is 0 Å². The Labute approximate surface area is 142 Å². The van der Waals surface area contributed by atoms with Crippen molar-refractivity contribution >= 4 is 17.2 Å². The molecule has 0 unspecified atom stereocenters. The highest BCUT2D eigenvalue weighted by Crippen LogP contribution is 2.18. The summed E-state index contributed by atoms with van der Waals surface area (Å²) < 4.78 is 0. The highest BCUT2D eigenvalue weighted by molar-refractivity contribution is 7.12. The van der Waals surface area contributed by atoms with Crippen molar-refractivity contribution in [2.45, 2.75) is 19.8 Å². The Hall–Kier alpha value is -1.65. The number of rotatable bonds is 6. The van der Waals surface area contributed by atoms with Crippen molar-refractivity contribution in [2.24, 2.45) is 5.92 Å². The molecule has 1 aliphatic rings. The van der Waals surface area contributed by atoms with Crippen molar-refractivity contribution in [3.8, 4) is 0 Å². The number of hydrogen-bond donors (Lipinski definition) is 1. The molecule has 1 atom stereocenters. The van der Waals surface area contributed by atoms with Crippen LogP contribution < -0.4 is 5.32 Å². The first-order valence-corrected chi connectivity index (χ1v) is 9.19. The minimum absolute atomic E-state index is 0.0836. The Morgan fingerprint density at radius 3 is 2.87 bits per heavy atom. The minimum atomic E-state index is 0.0836. The Morgan fingerprint density at radius 2 is 2.13 bits per heavy atom. The van der Waals surface area contributed by atoms with Gasteiger partial charge in [0.2, 0.25) is 0 Å². The molecule has 0 saturated carbocycles. The molecule has 2 aromatic rings. The van der Waals surface area contributed by atoms with Crippen LogP contribution >= 0.6 is 11.3 Å². The van der Waals surface area contributed by atoms with Gasteiger partial charge in [0.1, 0.15) is 0 Å². The molecule has 0 bridgehead atoms. The predicted molar refractivity (Wildman–Crippen MR) is 96.1 cm³/mol. The number of likely N-dealkylation sites (tertiary alicyclic amines) is 1. The molecule has 0 spiro atoms. The van der Waals surface area contributed by atoms with Crippen molar-refractivity contribution in [1.29, 1.82) is 0 Å². The standard InChI is InChI=1S/C19H24N2OS/c1-15-9-12-23-18(15)19(22)20-13-17-8-11-21(14-17)10-7-16-5-3-2-4-6-16/h2-6,9,12,17H,7-8,10-11,13-14H2,1H3,(H,20,22)/t17-/m0/s1. The van der Waals surface area contributed by atoms with Gasteiger partial charge in [-0.2, -0.15) is 0 Å². The van der Waals surface area contributed by atoms with Gasteiger partial charge in [0.05, 0.1) is 4.88 Å². The van der Waals surface area contributed by atoms with Gasteiger partial charge in [0, 0.05) is 19.6 Å². The molecule has 3 rings (SSSR count). The fraction of sp³-hybridized carbons (Fsp3) is 0.421. The molecule has 1 aromatic heterocycles. The summed E-state index contributed by atoms with van der Waals surface area (Å²) in [6.07, 6.45) is 2.28. The van der Waals surface area contributed by atoms with Gasteiger partial charge < -0.3 is 10.2 Å². The van der Waals surface area contributed by atoms with Crippen LogP contribution in [0.15, 0.2) is 41.8 Å². The van der Waals surface area contributed by atoms with Crippen LogP contribution in [0.5, 0.6) is 0 Å². The van der Waals surface area contributed by atoms with Crippen molar-refractivity contribution in [3.05, 3.63) is 57.8 Å². The van der Waals surface area contributed by atoms with E-state index in [2.05, 4.69) is 40.5 Å². The number of nitrogens with zero attached hydrogens (tertiary/aromatic N) is 1. The van der Waals surface area contributed by atoms with Crippen LogP contribution in [0.4, 0.5) is 0 Å². The van der Waals surface area contributed by atoms with E-state index in [0.29, 0.717) is 5.92 Å². The molecule has 1 N–H and O–H groups in total. The molecule has 3 nitrogen and oxygen atoms in total. The zero-order valence-electron chi connectivity index (χ0n) is 13.6. The summed E-state index contributed by atoms with van der Waals surface area (Å²) >= 11 is 1.52. The first-order chi connectivity index (χ1) is 11.2. The van der Waals surface area contributed by atoms with Gasteiger partial charge in [0.25, 0.3) is 5.91 Å². The normalized spacial score (nSPS) is 18.2. The van der Waals surface area contributed by atoms with E-state index in [4.69, 9.17) is 0 Å². The van der Waals surface area contributed by atoms with Gasteiger partial charge in [-0.25, -0.2) is 0 Å². The monoisotopic (exact) mass is 328 g/mol. The summed E-state index contributed by atoms with van der Waals surface area (Å²) in [5, 5.41) is 5.08. The summed E-state index contributed by atoms with van der Waals surface area (Å²) in [6.45, 7) is 6.13. The molecule has 2 heterocycles. The van der Waals surface area contributed by atoms with Crippen molar-refractivity contribution in [3.63, 3.8) is 0 Å². The lowest BCUT2D eigenvalue weighted by atomic mass is 10.1. The number of hydrogen-bond acceptors (Lipinski definition) is 3. The number of aryl methyl sites for hydroxylation is 1. The Balaban J connectivity index is 1.40. The van der Waals surface area contributed by atoms with Crippen LogP contribution in [0.3, 0.4) is 0 Å². The molecule has 1 amide bonds. The molecule has 1 saturated heterocycles. The van der Waals surface area contributed by atoms with E-state index in [-0.39, 0.29) is 5.91 Å². The van der Waals surface area contributed by atoms with E-state index in [1.807, 2.05) is 18.4 Å². The number of amides is 1. The first kappa shape index (κ1) is 16.2. The summed E-state index contributed by atoms with van der Waals surface area (Å²) in [5.41, 5.74) is 2.47. The highest BCUT2D eigenvalue weighted by Gasteiger charge is 2.23. The van der Waals surface area contributed by atoms with E-state index in [1.54, 1.807) is 0 Å². The van der Waals surface area contributed by atoms with E-state index in [0.717, 1.165) is 43.0 Å². The second-order valence-corrected chi connectivity index (χ2v) is 7.25. The quantitative estimate of drug-likeness (QED) is 0.882. The van der Waals surface area contributed by atoms with Crippen LogP contribution in [0.2, 0.25) is 0 Å². The average molecular weight is 328 g/mol. The number of nitrogens with one attached hydrogen (secondary N) is 1. The number of carbonyl (C=O) groups is 1. The van der Waals surface area contributed by atoms with E-state index < -0.39 is 0 Å². The fourth-order valence-corrected chi connectivity index (χ4v) is 3.98. The highest BCUT2D eigenvalue weighted by atomic mass is 32.1.